The molecule has 0 saturated carbocycles. The molecule has 0 amide bonds. The Hall–Kier alpha value is -1.67. The predicted octanol–water partition coefficient (Wildman–Crippen LogP) is 3.93. The van der Waals surface area contributed by atoms with Crippen LogP contribution in [-0.2, 0) is 0 Å². The number of benzene rings is 2. The molecular formula is C16H16ClFN2O3S. The molecule has 0 spiro atoms. The molecule has 2 rings (SSSR count). The monoisotopic (exact) mass is 370 g/mol. The van der Waals surface area contributed by atoms with Crippen LogP contribution in [0.1, 0.15) is 17.2 Å². The Morgan fingerprint density at radius 2 is 2.08 bits per heavy atom. The van der Waals surface area contributed by atoms with Crippen molar-refractivity contribution in [3.8, 4) is 0 Å². The predicted molar refractivity (Wildman–Crippen MR) is 92.8 cm³/mol. The number of halogens is 2. The number of hydrogen-bond acceptors (Lipinski definition) is 5. The van der Waals surface area contributed by atoms with Crippen LogP contribution in [0.25, 0.3) is 0 Å². The van der Waals surface area contributed by atoms with Crippen molar-refractivity contribution >= 4 is 29.1 Å². The number of nitrogens with two attached hydrogens (primary N) is 1. The lowest BCUT2D eigenvalue weighted by atomic mass is 10.1. The van der Waals surface area contributed by atoms with Crippen molar-refractivity contribution in [2.75, 3.05) is 6.61 Å². The molecule has 0 radical (unpaired) electrons. The Balaban J connectivity index is 2.37. The molecular weight excluding hydrogens is 355 g/mol. The van der Waals surface area contributed by atoms with Crippen LogP contribution in [0.3, 0.4) is 0 Å². The zero-order valence-corrected chi connectivity index (χ0v) is 14.1. The van der Waals surface area contributed by atoms with Crippen LogP contribution >= 0.6 is 23.4 Å². The normalized spacial score (nSPS) is 13.5. The molecule has 0 aliphatic carbocycles. The van der Waals surface area contributed by atoms with E-state index in [1.807, 2.05) is 0 Å². The van der Waals surface area contributed by atoms with Crippen molar-refractivity contribution in [3.63, 3.8) is 0 Å². The number of nitrogens with zero attached hydrogens (tertiary/aromatic N) is 1. The lowest BCUT2D eigenvalue weighted by molar-refractivity contribution is -0.387. The Morgan fingerprint density at radius 1 is 1.33 bits per heavy atom. The molecule has 2 aromatic rings. The van der Waals surface area contributed by atoms with Gasteiger partial charge in [-0.2, -0.15) is 0 Å². The molecule has 0 aromatic heterocycles. The molecule has 2 atom stereocenters. The van der Waals surface area contributed by atoms with Gasteiger partial charge in [0.05, 0.1) is 16.4 Å². The summed E-state index contributed by atoms with van der Waals surface area (Å²) in [5.41, 5.74) is 6.34. The highest BCUT2D eigenvalue weighted by Crippen LogP contribution is 2.43. The van der Waals surface area contributed by atoms with Gasteiger partial charge in [-0.15, -0.1) is 11.8 Å². The second kappa shape index (κ2) is 8.43. The molecule has 128 valence electrons. The van der Waals surface area contributed by atoms with Crippen LogP contribution in [0.2, 0.25) is 5.02 Å². The summed E-state index contributed by atoms with van der Waals surface area (Å²) in [6.07, 6.45) is 0.338. The highest BCUT2D eigenvalue weighted by molar-refractivity contribution is 7.99. The molecule has 0 fully saturated rings. The van der Waals surface area contributed by atoms with Crippen molar-refractivity contribution < 1.29 is 14.4 Å². The first-order valence-corrected chi connectivity index (χ1v) is 8.39. The van der Waals surface area contributed by atoms with E-state index in [9.17, 15) is 19.6 Å². The number of hydrogen-bond donors (Lipinski definition) is 2. The van der Waals surface area contributed by atoms with Crippen molar-refractivity contribution in [3.05, 3.63) is 69.0 Å². The van der Waals surface area contributed by atoms with Gasteiger partial charge < -0.3 is 10.8 Å². The molecule has 0 aliphatic heterocycles. The van der Waals surface area contributed by atoms with Crippen molar-refractivity contribution in [2.45, 2.75) is 22.6 Å². The fourth-order valence-electron chi connectivity index (χ4n) is 2.19. The second-order valence-electron chi connectivity index (χ2n) is 5.21. The van der Waals surface area contributed by atoms with E-state index < -0.39 is 16.8 Å². The third-order valence-corrected chi connectivity index (χ3v) is 4.94. The standard InChI is InChI=1S/C16H16ClFN2O3S/c17-11-4-5-15(14(7-11)20(22)23)24-16(8-13(19)9-21)10-2-1-3-12(18)6-10/h1-7,13,16,21H,8-9,19H2/t13-,16+/m0/s1. The summed E-state index contributed by atoms with van der Waals surface area (Å²) in [7, 11) is 0. The summed E-state index contributed by atoms with van der Waals surface area (Å²) < 4.78 is 13.5. The molecule has 8 heteroatoms. The van der Waals surface area contributed by atoms with Crippen molar-refractivity contribution in [2.24, 2.45) is 5.73 Å². The van der Waals surface area contributed by atoms with Crippen LogP contribution in [0.4, 0.5) is 10.1 Å². The largest absolute Gasteiger partial charge is 0.395 e. The molecule has 5 nitrogen and oxygen atoms in total. The molecule has 0 unspecified atom stereocenters. The van der Waals surface area contributed by atoms with E-state index in [2.05, 4.69) is 0 Å². The molecule has 3 N–H and O–H groups in total. The van der Waals surface area contributed by atoms with E-state index in [0.717, 1.165) is 0 Å². The number of thioether (sulfide) groups is 1. The first-order valence-electron chi connectivity index (χ1n) is 7.13. The fourth-order valence-corrected chi connectivity index (χ4v) is 3.69. The van der Waals surface area contributed by atoms with E-state index in [1.165, 1.54) is 30.0 Å². The first kappa shape index (κ1) is 18.7. The molecule has 0 aliphatic rings. The SMILES string of the molecule is N[C@H](CO)C[C@@H](Sc1ccc(Cl)cc1[N+](=O)[O-])c1cccc(F)c1. The fraction of sp³-hybridized carbons (Fsp3) is 0.250. The number of nitro groups is 1. The van der Waals surface area contributed by atoms with E-state index in [1.54, 1.807) is 24.3 Å². The third-order valence-electron chi connectivity index (χ3n) is 3.36. The number of aliphatic hydroxyl groups is 1. The minimum atomic E-state index is -0.517. The number of nitro benzene ring substituents is 1. The van der Waals surface area contributed by atoms with Gasteiger partial charge in [-0.1, -0.05) is 23.7 Å². The number of aliphatic hydroxyl groups excluding tert-OH is 1. The first-order chi connectivity index (χ1) is 11.4. The summed E-state index contributed by atoms with van der Waals surface area (Å²) in [6, 6.07) is 9.86. The summed E-state index contributed by atoms with van der Waals surface area (Å²) >= 11 is 7.03. The lowest BCUT2D eigenvalue weighted by Crippen LogP contribution is -2.26. The Kier molecular flexibility index (Phi) is 6.56. The summed E-state index contributed by atoms with van der Waals surface area (Å²) in [5, 5.41) is 20.3. The minimum absolute atomic E-state index is 0.119. The maximum Gasteiger partial charge on any atom is 0.284 e. The molecule has 0 heterocycles. The van der Waals surface area contributed by atoms with Crippen LogP contribution < -0.4 is 5.73 Å². The van der Waals surface area contributed by atoms with Gasteiger partial charge in [0.15, 0.2) is 0 Å². The van der Waals surface area contributed by atoms with Crippen molar-refractivity contribution in [1.82, 2.24) is 0 Å². The third kappa shape index (κ3) is 4.91. The van der Waals surface area contributed by atoms with Crippen LogP contribution in [0.15, 0.2) is 47.4 Å². The summed E-state index contributed by atoms with van der Waals surface area (Å²) in [5.74, 6) is -0.402. The molecule has 24 heavy (non-hydrogen) atoms. The average Bonchev–Trinajstić information content (AvgIpc) is 2.55. The average molecular weight is 371 g/mol. The van der Waals surface area contributed by atoms with Crippen molar-refractivity contribution in [1.29, 1.82) is 0 Å². The Morgan fingerprint density at radius 3 is 2.71 bits per heavy atom. The zero-order chi connectivity index (χ0) is 17.7. The minimum Gasteiger partial charge on any atom is -0.395 e. The number of rotatable bonds is 7. The highest BCUT2D eigenvalue weighted by Gasteiger charge is 2.22. The topological polar surface area (TPSA) is 89.4 Å². The summed E-state index contributed by atoms with van der Waals surface area (Å²) in [4.78, 5) is 11.1. The van der Waals surface area contributed by atoms with Crippen LogP contribution in [-0.4, -0.2) is 22.7 Å². The molecule has 2 aromatic carbocycles. The van der Waals surface area contributed by atoms with E-state index in [4.69, 9.17) is 17.3 Å². The molecule has 0 saturated heterocycles. The van der Waals surface area contributed by atoms with Gasteiger partial charge >= 0.3 is 0 Å². The van der Waals surface area contributed by atoms with E-state index >= 15 is 0 Å². The quantitative estimate of drug-likeness (QED) is 0.438. The van der Waals surface area contributed by atoms with Gasteiger partial charge in [0, 0.05) is 22.4 Å². The lowest BCUT2D eigenvalue weighted by Gasteiger charge is -2.20. The Bertz CT molecular complexity index is 732. The zero-order valence-electron chi connectivity index (χ0n) is 12.6. The maximum absolute atomic E-state index is 13.5. The van der Waals surface area contributed by atoms with Crippen LogP contribution in [0, 0.1) is 15.9 Å². The summed E-state index contributed by atoms with van der Waals surface area (Å²) in [6.45, 7) is -0.227. The van der Waals surface area contributed by atoms with E-state index in [-0.39, 0.29) is 22.6 Å². The Labute approximate surface area is 147 Å². The van der Waals surface area contributed by atoms with Gasteiger partial charge in [0.1, 0.15) is 5.82 Å². The van der Waals surface area contributed by atoms with Gasteiger partial charge in [0.2, 0.25) is 0 Å². The maximum atomic E-state index is 13.5. The van der Waals surface area contributed by atoms with Gasteiger partial charge in [-0.3, -0.25) is 10.1 Å². The van der Waals surface area contributed by atoms with Gasteiger partial charge in [-0.05, 0) is 36.2 Å². The second-order valence-corrected chi connectivity index (χ2v) is 6.89. The van der Waals surface area contributed by atoms with Crippen LogP contribution in [0.5, 0.6) is 0 Å². The molecule has 0 bridgehead atoms. The smallest absolute Gasteiger partial charge is 0.284 e. The van der Waals surface area contributed by atoms with E-state index in [0.29, 0.717) is 16.9 Å². The van der Waals surface area contributed by atoms with Gasteiger partial charge in [-0.25, -0.2) is 4.39 Å². The van der Waals surface area contributed by atoms with Gasteiger partial charge in [0.25, 0.3) is 5.69 Å². The highest BCUT2D eigenvalue weighted by atomic mass is 35.5.